The molecule has 8 nitrogen and oxygen atoms in total. The second-order valence-electron chi connectivity index (χ2n) is 9.86. The van der Waals surface area contributed by atoms with Gasteiger partial charge in [0.05, 0.1) is 20.1 Å². The Morgan fingerprint density at radius 3 is 2.31 bits per heavy atom. The Morgan fingerprint density at radius 1 is 0.881 bits per heavy atom. The van der Waals surface area contributed by atoms with Gasteiger partial charge < -0.3 is 19.5 Å². The van der Waals surface area contributed by atoms with Crippen LogP contribution < -0.4 is 19.7 Å². The smallest absolute Gasteiger partial charge is 0.328 e. The summed E-state index contributed by atoms with van der Waals surface area (Å²) in [7, 11) is 1.56. The summed E-state index contributed by atoms with van der Waals surface area (Å²) < 4.78 is 16.7. The molecule has 42 heavy (non-hydrogen) atoms. The number of hydrogen-bond donors (Lipinski definition) is 1. The SMILES string of the molecule is CCOC(=O)C1Cc2ccc(cc2)Oc2cccc(c2)CC(=O)N(c2ccc(OC)cc2)C(c2ccccc2)C(=O)N1. The van der Waals surface area contributed by atoms with E-state index in [2.05, 4.69) is 5.32 Å². The molecule has 8 heteroatoms. The molecule has 2 aliphatic heterocycles. The molecule has 2 atom stereocenters. The van der Waals surface area contributed by atoms with Crippen molar-refractivity contribution in [2.45, 2.75) is 31.8 Å². The second-order valence-corrected chi connectivity index (χ2v) is 9.86. The normalized spacial score (nSPS) is 17.2. The Bertz CT molecular complexity index is 1540. The third-order valence-corrected chi connectivity index (χ3v) is 6.98. The molecule has 0 aliphatic carbocycles. The van der Waals surface area contributed by atoms with Gasteiger partial charge in [0.1, 0.15) is 29.3 Å². The van der Waals surface area contributed by atoms with Crippen LogP contribution in [-0.4, -0.2) is 37.5 Å². The lowest BCUT2D eigenvalue weighted by molar-refractivity contribution is -0.147. The van der Waals surface area contributed by atoms with Gasteiger partial charge in [0.15, 0.2) is 0 Å². The van der Waals surface area contributed by atoms with Crippen LogP contribution in [0.2, 0.25) is 0 Å². The molecule has 2 aliphatic rings. The lowest BCUT2D eigenvalue weighted by Gasteiger charge is -2.33. The van der Waals surface area contributed by atoms with E-state index >= 15 is 0 Å². The minimum atomic E-state index is -1.08. The number of fused-ring (bicyclic) bond motifs is 9. The van der Waals surface area contributed by atoms with Gasteiger partial charge in [0.2, 0.25) is 11.8 Å². The van der Waals surface area contributed by atoms with Gasteiger partial charge >= 0.3 is 5.97 Å². The number of hydrogen-bond acceptors (Lipinski definition) is 6. The van der Waals surface area contributed by atoms with Crippen molar-refractivity contribution in [3.63, 3.8) is 0 Å². The maximum Gasteiger partial charge on any atom is 0.328 e. The number of nitrogens with zero attached hydrogens (tertiary/aromatic N) is 1. The molecule has 0 saturated heterocycles. The van der Waals surface area contributed by atoms with Crippen LogP contribution in [0, 0.1) is 0 Å². The molecule has 0 spiro atoms. The molecule has 2 unspecified atom stereocenters. The van der Waals surface area contributed by atoms with Gasteiger partial charge in [-0.2, -0.15) is 0 Å². The topological polar surface area (TPSA) is 94.2 Å². The average molecular weight is 565 g/mol. The zero-order valence-electron chi connectivity index (χ0n) is 23.5. The summed E-state index contributed by atoms with van der Waals surface area (Å²) in [6.45, 7) is 1.88. The quantitative estimate of drug-likeness (QED) is 0.326. The summed E-state index contributed by atoms with van der Waals surface area (Å²) in [5.41, 5.74) is 2.61. The van der Waals surface area contributed by atoms with Crippen LogP contribution in [0.1, 0.15) is 29.7 Å². The number of amides is 2. The zero-order chi connectivity index (χ0) is 29.5. The highest BCUT2D eigenvalue weighted by Gasteiger charge is 2.35. The molecular formula is C34H32N2O6. The highest BCUT2D eigenvalue weighted by atomic mass is 16.5. The van der Waals surface area contributed by atoms with Crippen molar-refractivity contribution in [3.8, 4) is 17.2 Å². The summed E-state index contributed by atoms with van der Waals surface area (Å²) in [5.74, 6) is 0.414. The molecule has 0 saturated carbocycles. The van der Waals surface area contributed by atoms with Crippen LogP contribution in [0.3, 0.4) is 0 Å². The number of benzene rings is 4. The van der Waals surface area contributed by atoms with E-state index in [1.54, 1.807) is 62.6 Å². The van der Waals surface area contributed by atoms with Gasteiger partial charge in [-0.3, -0.25) is 14.5 Å². The Kier molecular flexibility index (Phi) is 8.82. The first-order valence-corrected chi connectivity index (χ1v) is 13.8. The molecule has 6 rings (SSSR count). The minimum Gasteiger partial charge on any atom is -0.497 e. The van der Waals surface area contributed by atoms with Gasteiger partial charge in [-0.15, -0.1) is 0 Å². The van der Waals surface area contributed by atoms with Crippen LogP contribution >= 0.6 is 0 Å². The fraction of sp³-hybridized carbons (Fsp3) is 0.206. The van der Waals surface area contributed by atoms with Gasteiger partial charge in [0.25, 0.3) is 0 Å². The average Bonchev–Trinajstić information content (AvgIpc) is 3.00. The second kappa shape index (κ2) is 13.0. The molecule has 1 N–H and O–H groups in total. The first-order chi connectivity index (χ1) is 20.4. The number of ether oxygens (including phenoxy) is 3. The predicted octanol–water partition coefficient (Wildman–Crippen LogP) is 5.41. The Hall–Kier alpha value is -5.11. The number of esters is 1. The standard InChI is InChI=1S/C34H32N2O6/c1-3-41-34(39)30-21-23-12-16-28(17-13-23)42-29-11-7-8-24(20-29)22-31(37)36(26-14-18-27(40-2)19-15-26)32(33(38)35-30)25-9-5-4-6-10-25/h4-20,30,32H,3,21-22H2,1-2H3,(H,35,38). The number of methoxy groups -OCH3 is 1. The summed E-state index contributed by atoms with van der Waals surface area (Å²) in [6, 6.07) is 28.6. The molecule has 0 aromatic heterocycles. The van der Waals surface area contributed by atoms with E-state index in [-0.39, 0.29) is 25.4 Å². The predicted molar refractivity (Wildman–Crippen MR) is 159 cm³/mol. The van der Waals surface area contributed by atoms with E-state index in [1.165, 1.54) is 4.90 Å². The van der Waals surface area contributed by atoms with Crippen LogP contribution in [0.4, 0.5) is 5.69 Å². The van der Waals surface area contributed by atoms with Crippen molar-refractivity contribution in [2.75, 3.05) is 18.6 Å². The number of carbonyl (C=O) groups excluding carboxylic acids is 3. The van der Waals surface area contributed by atoms with E-state index in [0.29, 0.717) is 28.5 Å². The van der Waals surface area contributed by atoms with Crippen molar-refractivity contribution < 1.29 is 28.6 Å². The Labute approximate surface area is 244 Å². The number of nitrogens with one attached hydrogen (secondary N) is 1. The van der Waals surface area contributed by atoms with Gasteiger partial charge in [-0.1, -0.05) is 54.6 Å². The third-order valence-electron chi connectivity index (χ3n) is 6.98. The summed E-state index contributed by atoms with van der Waals surface area (Å²) in [5, 5.41) is 2.90. The van der Waals surface area contributed by atoms with Gasteiger partial charge in [0, 0.05) is 12.1 Å². The van der Waals surface area contributed by atoms with Crippen LogP contribution in [-0.2, 0) is 32.0 Å². The van der Waals surface area contributed by atoms with Crippen molar-refractivity contribution >= 4 is 23.5 Å². The van der Waals surface area contributed by atoms with Crippen molar-refractivity contribution in [2.24, 2.45) is 0 Å². The highest BCUT2D eigenvalue weighted by Crippen LogP contribution is 2.31. The van der Waals surface area contributed by atoms with Gasteiger partial charge in [-0.05, 0) is 72.1 Å². The summed E-state index contributed by atoms with van der Waals surface area (Å²) >= 11 is 0. The van der Waals surface area contributed by atoms with E-state index < -0.39 is 24.0 Å². The molecule has 2 heterocycles. The lowest BCUT2D eigenvalue weighted by Crippen LogP contribution is -2.50. The minimum absolute atomic E-state index is 0.0000849. The van der Waals surface area contributed by atoms with E-state index in [4.69, 9.17) is 14.2 Å². The number of rotatable bonds is 5. The van der Waals surface area contributed by atoms with Crippen LogP contribution in [0.25, 0.3) is 0 Å². The summed E-state index contributed by atoms with van der Waals surface area (Å²) in [4.78, 5) is 43.0. The largest absolute Gasteiger partial charge is 0.497 e. The molecule has 214 valence electrons. The molecule has 0 radical (unpaired) electrons. The molecule has 2 amide bonds. The first-order valence-electron chi connectivity index (χ1n) is 13.8. The highest BCUT2D eigenvalue weighted by molar-refractivity contribution is 6.03. The van der Waals surface area contributed by atoms with Crippen molar-refractivity contribution in [1.82, 2.24) is 5.32 Å². The maximum atomic E-state index is 14.3. The third kappa shape index (κ3) is 6.61. The zero-order valence-corrected chi connectivity index (χ0v) is 23.5. The van der Waals surface area contributed by atoms with Crippen molar-refractivity contribution in [1.29, 1.82) is 0 Å². The van der Waals surface area contributed by atoms with Gasteiger partial charge in [-0.25, -0.2) is 4.79 Å². The van der Waals surface area contributed by atoms with Crippen molar-refractivity contribution in [3.05, 3.63) is 120 Å². The summed E-state index contributed by atoms with van der Waals surface area (Å²) in [6.07, 6.45) is 0.193. The number of anilines is 1. The molecule has 4 aromatic rings. The lowest BCUT2D eigenvalue weighted by atomic mass is 10.00. The first kappa shape index (κ1) is 28.4. The maximum absolute atomic E-state index is 14.3. The van der Waals surface area contributed by atoms with E-state index in [1.807, 2.05) is 54.6 Å². The monoisotopic (exact) mass is 564 g/mol. The van der Waals surface area contributed by atoms with Crippen LogP contribution in [0.15, 0.2) is 103 Å². The van der Waals surface area contributed by atoms with E-state index in [0.717, 1.165) is 11.1 Å². The van der Waals surface area contributed by atoms with E-state index in [9.17, 15) is 14.4 Å². The molecule has 4 bridgehead atoms. The molecular weight excluding hydrogens is 532 g/mol. The number of carbonyl (C=O) groups is 3. The Morgan fingerprint density at radius 2 is 1.62 bits per heavy atom. The van der Waals surface area contributed by atoms with Crippen LogP contribution in [0.5, 0.6) is 17.2 Å². The molecule has 4 aromatic carbocycles. The fourth-order valence-electron chi connectivity index (χ4n) is 4.96. The Balaban J connectivity index is 1.65. The molecule has 0 fully saturated rings. The fourth-order valence-corrected chi connectivity index (χ4v) is 4.96.